The van der Waals surface area contributed by atoms with E-state index in [9.17, 15) is 0 Å². The average molecular weight is 316 g/mol. The van der Waals surface area contributed by atoms with E-state index >= 15 is 0 Å². The van der Waals surface area contributed by atoms with Crippen LogP contribution in [-0.2, 0) is 6.42 Å². The van der Waals surface area contributed by atoms with Crippen LogP contribution in [0.3, 0.4) is 0 Å². The fourth-order valence-corrected chi connectivity index (χ4v) is 3.55. The van der Waals surface area contributed by atoms with Gasteiger partial charge in [-0.25, -0.2) is 0 Å². The third-order valence-corrected chi connectivity index (χ3v) is 4.97. The van der Waals surface area contributed by atoms with E-state index in [1.807, 2.05) is 18.2 Å². The molecule has 3 rings (SSSR count). The molecule has 1 nitrogen and oxygen atoms in total. The van der Waals surface area contributed by atoms with Crippen LogP contribution in [0.25, 0.3) is 0 Å². The van der Waals surface area contributed by atoms with Gasteiger partial charge in [0.05, 0.1) is 16.1 Å². The summed E-state index contributed by atoms with van der Waals surface area (Å²) < 4.78 is 0. The van der Waals surface area contributed by atoms with Crippen LogP contribution in [0.5, 0.6) is 0 Å². The number of fused-ring (bicyclic) bond motifs is 1. The predicted molar refractivity (Wildman–Crippen MR) is 86.8 cm³/mol. The summed E-state index contributed by atoms with van der Waals surface area (Å²) in [7, 11) is 0. The number of hydrogen-bond donors (Lipinski definition) is 0. The van der Waals surface area contributed by atoms with Crippen LogP contribution in [-0.4, -0.2) is 0 Å². The molecule has 2 aromatic carbocycles. The lowest BCUT2D eigenvalue weighted by Crippen LogP contribution is -2.19. The maximum Gasteiger partial charge on any atom is 0.0624 e. The first-order valence-electron chi connectivity index (χ1n) is 7.08. The molecule has 0 spiro atoms. The summed E-state index contributed by atoms with van der Waals surface area (Å²) in [6, 6.07) is 16.7. The van der Waals surface area contributed by atoms with Gasteiger partial charge in [-0.2, -0.15) is 5.26 Å². The third kappa shape index (κ3) is 2.93. The Labute approximate surface area is 135 Å². The summed E-state index contributed by atoms with van der Waals surface area (Å²) in [5.41, 5.74) is 3.88. The van der Waals surface area contributed by atoms with Gasteiger partial charge < -0.3 is 0 Å². The Kier molecular flexibility index (Phi) is 4.19. The Hall–Kier alpha value is -1.49. The lowest BCUT2D eigenvalue weighted by Gasteiger charge is -2.31. The predicted octanol–water partition coefficient (Wildman–Crippen LogP) is 5.60. The van der Waals surface area contributed by atoms with Crippen molar-refractivity contribution in [2.75, 3.05) is 0 Å². The van der Waals surface area contributed by atoms with E-state index in [1.54, 1.807) is 0 Å². The minimum absolute atomic E-state index is 0.295. The molecular weight excluding hydrogens is 301 g/mol. The Morgan fingerprint density at radius 1 is 1.10 bits per heavy atom. The molecule has 2 atom stereocenters. The number of rotatable bonds is 2. The summed E-state index contributed by atoms with van der Waals surface area (Å²) in [6.45, 7) is 0. The summed E-state index contributed by atoms with van der Waals surface area (Å²) in [4.78, 5) is 0. The first kappa shape index (κ1) is 14.4. The zero-order valence-corrected chi connectivity index (χ0v) is 13.0. The van der Waals surface area contributed by atoms with E-state index in [2.05, 4.69) is 30.3 Å². The molecule has 106 valence electrons. The second-order valence-electron chi connectivity index (χ2n) is 5.59. The average Bonchev–Trinajstić information content (AvgIpc) is 2.50. The van der Waals surface area contributed by atoms with Crippen molar-refractivity contribution in [1.82, 2.24) is 0 Å². The molecular formula is C18H15Cl2N. The molecule has 0 radical (unpaired) electrons. The van der Waals surface area contributed by atoms with Crippen molar-refractivity contribution in [2.24, 2.45) is 5.92 Å². The van der Waals surface area contributed by atoms with Crippen LogP contribution in [0.1, 0.15) is 35.4 Å². The monoisotopic (exact) mass is 315 g/mol. The lowest BCUT2D eigenvalue weighted by atomic mass is 9.73. The molecule has 2 aromatic rings. The number of benzene rings is 2. The van der Waals surface area contributed by atoms with Crippen LogP contribution in [0.15, 0.2) is 42.5 Å². The first-order chi connectivity index (χ1) is 10.2. The molecule has 0 aliphatic heterocycles. The Morgan fingerprint density at radius 2 is 1.90 bits per heavy atom. The molecule has 0 bridgehead atoms. The number of nitriles is 1. The Bertz CT molecular complexity index is 703. The van der Waals surface area contributed by atoms with E-state index in [0.29, 0.717) is 28.3 Å². The van der Waals surface area contributed by atoms with Crippen molar-refractivity contribution < 1.29 is 0 Å². The number of nitrogens with zero attached hydrogens (tertiary/aromatic N) is 1. The molecule has 1 aliphatic rings. The Balaban J connectivity index is 2.03. The summed E-state index contributed by atoms with van der Waals surface area (Å²) >= 11 is 12.2. The molecule has 0 heterocycles. The molecule has 1 aliphatic carbocycles. The van der Waals surface area contributed by atoms with Crippen molar-refractivity contribution in [3.8, 4) is 6.07 Å². The Morgan fingerprint density at radius 3 is 2.67 bits per heavy atom. The quantitative estimate of drug-likeness (QED) is 0.707. The van der Waals surface area contributed by atoms with Gasteiger partial charge in [0.1, 0.15) is 0 Å². The lowest BCUT2D eigenvalue weighted by molar-refractivity contribution is 0.436. The van der Waals surface area contributed by atoms with Gasteiger partial charge in [0.2, 0.25) is 0 Å². The van der Waals surface area contributed by atoms with Gasteiger partial charge in [-0.05, 0) is 47.6 Å². The highest BCUT2D eigenvalue weighted by molar-refractivity contribution is 6.42. The van der Waals surface area contributed by atoms with E-state index in [4.69, 9.17) is 28.5 Å². The van der Waals surface area contributed by atoms with Gasteiger partial charge in [0.15, 0.2) is 0 Å². The third-order valence-electron chi connectivity index (χ3n) is 4.23. The summed E-state index contributed by atoms with van der Waals surface area (Å²) in [6.07, 6.45) is 2.58. The van der Waals surface area contributed by atoms with Crippen molar-refractivity contribution in [3.63, 3.8) is 0 Å². The van der Waals surface area contributed by atoms with Crippen LogP contribution in [0.2, 0.25) is 10.0 Å². The van der Waals surface area contributed by atoms with Crippen LogP contribution < -0.4 is 0 Å². The molecule has 0 fully saturated rings. The molecule has 0 saturated heterocycles. The molecule has 0 saturated carbocycles. The maximum atomic E-state index is 9.02. The van der Waals surface area contributed by atoms with E-state index in [-0.39, 0.29) is 0 Å². The fraction of sp³-hybridized carbons (Fsp3) is 0.278. The second-order valence-corrected chi connectivity index (χ2v) is 6.41. The summed E-state index contributed by atoms with van der Waals surface area (Å²) in [5, 5.41) is 10.2. The van der Waals surface area contributed by atoms with Gasteiger partial charge in [-0.3, -0.25) is 0 Å². The van der Waals surface area contributed by atoms with Crippen molar-refractivity contribution in [2.45, 2.75) is 25.2 Å². The van der Waals surface area contributed by atoms with Gasteiger partial charge in [0.25, 0.3) is 0 Å². The highest BCUT2D eigenvalue weighted by Gasteiger charge is 2.27. The topological polar surface area (TPSA) is 23.8 Å². The van der Waals surface area contributed by atoms with Gasteiger partial charge in [-0.1, -0.05) is 53.5 Å². The van der Waals surface area contributed by atoms with E-state index in [0.717, 1.165) is 12.8 Å². The minimum Gasteiger partial charge on any atom is -0.198 e. The minimum atomic E-state index is 0.295. The molecule has 0 amide bonds. The molecule has 21 heavy (non-hydrogen) atoms. The normalized spacial score (nSPS) is 20.6. The van der Waals surface area contributed by atoms with Crippen LogP contribution in [0.4, 0.5) is 0 Å². The van der Waals surface area contributed by atoms with Gasteiger partial charge in [0, 0.05) is 12.3 Å². The largest absolute Gasteiger partial charge is 0.198 e. The van der Waals surface area contributed by atoms with Crippen molar-refractivity contribution in [1.29, 1.82) is 5.26 Å². The molecule has 0 aromatic heterocycles. The molecule has 0 N–H and O–H groups in total. The van der Waals surface area contributed by atoms with Crippen molar-refractivity contribution >= 4 is 23.2 Å². The van der Waals surface area contributed by atoms with Gasteiger partial charge >= 0.3 is 0 Å². The highest BCUT2D eigenvalue weighted by atomic mass is 35.5. The maximum absolute atomic E-state index is 9.02. The first-order valence-corrected chi connectivity index (χ1v) is 7.84. The standard InChI is InChI=1S/C18H15Cl2N/c19-17-6-5-14(11-18(17)20)16-10-12(7-8-21)9-13-3-1-2-4-15(13)16/h1-6,11-12,16H,7,9-10H2. The van der Waals surface area contributed by atoms with E-state index < -0.39 is 0 Å². The fourth-order valence-electron chi connectivity index (χ4n) is 3.24. The van der Waals surface area contributed by atoms with Crippen LogP contribution >= 0.6 is 23.2 Å². The molecule has 3 heteroatoms. The zero-order valence-electron chi connectivity index (χ0n) is 11.5. The van der Waals surface area contributed by atoms with Crippen LogP contribution in [0, 0.1) is 17.2 Å². The smallest absolute Gasteiger partial charge is 0.0624 e. The van der Waals surface area contributed by atoms with Crippen molar-refractivity contribution in [3.05, 3.63) is 69.2 Å². The van der Waals surface area contributed by atoms with E-state index in [1.165, 1.54) is 16.7 Å². The number of hydrogen-bond acceptors (Lipinski definition) is 1. The number of halogens is 2. The SMILES string of the molecule is N#CCC1Cc2ccccc2C(c2ccc(Cl)c(Cl)c2)C1. The highest BCUT2D eigenvalue weighted by Crippen LogP contribution is 2.41. The van der Waals surface area contributed by atoms with Gasteiger partial charge in [-0.15, -0.1) is 0 Å². The molecule has 2 unspecified atom stereocenters. The summed E-state index contributed by atoms with van der Waals surface area (Å²) in [5.74, 6) is 0.701. The zero-order chi connectivity index (χ0) is 14.8. The second kappa shape index (κ2) is 6.10.